The molecule has 1 aromatic carbocycles. The van der Waals surface area contributed by atoms with Crippen molar-refractivity contribution in [2.45, 2.75) is 13.8 Å². The standard InChI is InChI=1S/C11H16N2O4S/c1-3-13(4-2)18(16,17)12-10-7-5-6-9(8-10)11(14)15/h5-8,12H,3-4H2,1-2H3,(H,14,15). The van der Waals surface area contributed by atoms with Crippen molar-refractivity contribution in [2.75, 3.05) is 17.8 Å². The zero-order valence-corrected chi connectivity index (χ0v) is 11.1. The van der Waals surface area contributed by atoms with Crippen molar-refractivity contribution in [3.63, 3.8) is 0 Å². The van der Waals surface area contributed by atoms with Crippen molar-refractivity contribution >= 4 is 21.9 Å². The van der Waals surface area contributed by atoms with Gasteiger partial charge in [-0.2, -0.15) is 12.7 Å². The van der Waals surface area contributed by atoms with Crippen LogP contribution in [0.15, 0.2) is 24.3 Å². The number of aromatic carboxylic acids is 1. The Morgan fingerprint density at radius 3 is 2.44 bits per heavy atom. The average Bonchev–Trinajstić information content (AvgIpc) is 2.29. The number of nitrogens with one attached hydrogen (secondary N) is 1. The molecule has 6 nitrogen and oxygen atoms in total. The van der Waals surface area contributed by atoms with E-state index in [0.717, 1.165) is 0 Å². The van der Waals surface area contributed by atoms with Crippen LogP contribution < -0.4 is 4.72 Å². The van der Waals surface area contributed by atoms with Crippen LogP contribution in [-0.4, -0.2) is 36.9 Å². The lowest BCUT2D eigenvalue weighted by Gasteiger charge is -2.19. The minimum absolute atomic E-state index is 0.0368. The number of carbonyl (C=O) groups is 1. The van der Waals surface area contributed by atoms with Gasteiger partial charge in [0.1, 0.15) is 0 Å². The molecule has 0 saturated heterocycles. The highest BCUT2D eigenvalue weighted by atomic mass is 32.2. The number of anilines is 1. The van der Waals surface area contributed by atoms with Crippen molar-refractivity contribution in [1.29, 1.82) is 0 Å². The van der Waals surface area contributed by atoms with Gasteiger partial charge in [0.25, 0.3) is 0 Å². The molecule has 0 saturated carbocycles. The topological polar surface area (TPSA) is 86.7 Å². The van der Waals surface area contributed by atoms with Gasteiger partial charge in [-0.05, 0) is 18.2 Å². The molecule has 1 rings (SSSR count). The summed E-state index contributed by atoms with van der Waals surface area (Å²) < 4.78 is 27.4. The Bertz CT molecular complexity index is 524. The molecule has 0 amide bonds. The fourth-order valence-corrected chi connectivity index (χ4v) is 2.73. The van der Waals surface area contributed by atoms with Crippen LogP contribution in [0.3, 0.4) is 0 Å². The third kappa shape index (κ3) is 3.44. The SMILES string of the molecule is CCN(CC)S(=O)(=O)Nc1cccc(C(=O)O)c1. The highest BCUT2D eigenvalue weighted by Crippen LogP contribution is 2.14. The van der Waals surface area contributed by atoms with Gasteiger partial charge >= 0.3 is 16.2 Å². The Hall–Kier alpha value is -1.60. The number of benzene rings is 1. The van der Waals surface area contributed by atoms with E-state index < -0.39 is 16.2 Å². The second-order valence-corrected chi connectivity index (χ2v) is 5.25. The number of nitrogens with zero attached hydrogens (tertiary/aromatic N) is 1. The Morgan fingerprint density at radius 1 is 1.33 bits per heavy atom. The molecular formula is C11H16N2O4S. The van der Waals surface area contributed by atoms with E-state index in [0.29, 0.717) is 13.1 Å². The molecule has 1 aromatic rings. The third-order valence-corrected chi connectivity index (χ3v) is 4.09. The quantitative estimate of drug-likeness (QED) is 0.819. The van der Waals surface area contributed by atoms with Crippen molar-refractivity contribution in [1.82, 2.24) is 4.31 Å². The smallest absolute Gasteiger partial charge is 0.335 e. The molecule has 0 aliphatic heterocycles. The van der Waals surface area contributed by atoms with Crippen LogP contribution in [0.5, 0.6) is 0 Å². The molecular weight excluding hydrogens is 256 g/mol. The lowest BCUT2D eigenvalue weighted by molar-refractivity contribution is 0.0697. The number of hydrogen-bond acceptors (Lipinski definition) is 3. The van der Waals surface area contributed by atoms with Crippen LogP contribution in [0.4, 0.5) is 5.69 Å². The zero-order valence-electron chi connectivity index (χ0n) is 10.3. The van der Waals surface area contributed by atoms with E-state index in [4.69, 9.17) is 5.11 Å². The summed E-state index contributed by atoms with van der Waals surface area (Å²) in [7, 11) is -3.63. The number of carboxylic acids is 1. The van der Waals surface area contributed by atoms with E-state index in [-0.39, 0.29) is 11.3 Å². The monoisotopic (exact) mass is 272 g/mol. The van der Waals surface area contributed by atoms with Crippen molar-refractivity contribution < 1.29 is 18.3 Å². The Balaban J connectivity index is 2.97. The molecule has 0 atom stereocenters. The first-order chi connectivity index (χ1) is 8.40. The molecule has 0 unspecified atom stereocenters. The average molecular weight is 272 g/mol. The summed E-state index contributed by atoms with van der Waals surface area (Å²) in [4.78, 5) is 10.8. The van der Waals surface area contributed by atoms with Crippen molar-refractivity contribution in [2.24, 2.45) is 0 Å². The van der Waals surface area contributed by atoms with Crippen molar-refractivity contribution in [3.8, 4) is 0 Å². The van der Waals surface area contributed by atoms with Gasteiger partial charge in [-0.15, -0.1) is 0 Å². The minimum Gasteiger partial charge on any atom is -0.478 e. The maximum absolute atomic E-state index is 11.9. The zero-order chi connectivity index (χ0) is 13.8. The van der Waals surface area contributed by atoms with E-state index in [1.54, 1.807) is 13.8 Å². The third-order valence-electron chi connectivity index (χ3n) is 2.40. The molecule has 0 aliphatic carbocycles. The fourth-order valence-electron chi connectivity index (χ4n) is 1.49. The number of hydrogen-bond donors (Lipinski definition) is 2. The largest absolute Gasteiger partial charge is 0.478 e. The predicted molar refractivity (Wildman–Crippen MR) is 68.9 cm³/mol. The van der Waals surface area contributed by atoms with E-state index in [9.17, 15) is 13.2 Å². The molecule has 0 bridgehead atoms. The van der Waals surface area contributed by atoms with E-state index in [1.807, 2.05) is 0 Å². The highest BCUT2D eigenvalue weighted by Gasteiger charge is 2.18. The summed E-state index contributed by atoms with van der Waals surface area (Å²) in [6, 6.07) is 5.68. The normalized spacial score (nSPS) is 11.5. The van der Waals surface area contributed by atoms with Crippen LogP contribution in [0.1, 0.15) is 24.2 Å². The van der Waals surface area contributed by atoms with Crippen LogP contribution in [0, 0.1) is 0 Å². The number of carboxylic acid groups (broad SMARTS) is 1. The van der Waals surface area contributed by atoms with E-state index in [2.05, 4.69) is 4.72 Å². The molecule has 2 N–H and O–H groups in total. The van der Waals surface area contributed by atoms with E-state index >= 15 is 0 Å². The first-order valence-corrected chi connectivity index (χ1v) is 6.96. The maximum atomic E-state index is 11.9. The molecule has 0 aliphatic rings. The molecule has 0 fully saturated rings. The van der Waals surface area contributed by atoms with Gasteiger partial charge < -0.3 is 5.11 Å². The summed E-state index contributed by atoms with van der Waals surface area (Å²) >= 11 is 0. The Labute approximate surface area is 106 Å². The second kappa shape index (κ2) is 5.83. The lowest BCUT2D eigenvalue weighted by atomic mass is 10.2. The van der Waals surface area contributed by atoms with Crippen LogP contribution >= 0.6 is 0 Å². The molecule has 18 heavy (non-hydrogen) atoms. The van der Waals surface area contributed by atoms with Gasteiger partial charge in [-0.3, -0.25) is 4.72 Å². The predicted octanol–water partition coefficient (Wildman–Crippen LogP) is 1.38. The van der Waals surface area contributed by atoms with Gasteiger partial charge in [0.2, 0.25) is 0 Å². The van der Waals surface area contributed by atoms with Gasteiger partial charge in [0.05, 0.1) is 11.3 Å². The van der Waals surface area contributed by atoms with E-state index in [1.165, 1.54) is 28.6 Å². The summed E-state index contributed by atoms with van der Waals surface area (Å²) in [5.74, 6) is -1.10. The summed E-state index contributed by atoms with van der Waals surface area (Å²) in [6.07, 6.45) is 0. The second-order valence-electron chi connectivity index (χ2n) is 3.58. The van der Waals surface area contributed by atoms with Crippen molar-refractivity contribution in [3.05, 3.63) is 29.8 Å². The van der Waals surface area contributed by atoms with Gasteiger partial charge in [0, 0.05) is 13.1 Å². The highest BCUT2D eigenvalue weighted by molar-refractivity contribution is 7.90. The first kappa shape index (κ1) is 14.5. The molecule has 0 heterocycles. The van der Waals surface area contributed by atoms with Gasteiger partial charge in [-0.1, -0.05) is 19.9 Å². The van der Waals surface area contributed by atoms with Crippen LogP contribution in [0.25, 0.3) is 0 Å². The molecule has 0 spiro atoms. The Morgan fingerprint density at radius 2 is 1.94 bits per heavy atom. The number of rotatable bonds is 6. The first-order valence-electron chi connectivity index (χ1n) is 5.52. The molecule has 7 heteroatoms. The molecule has 100 valence electrons. The van der Waals surface area contributed by atoms with Gasteiger partial charge in [0.15, 0.2) is 0 Å². The fraction of sp³-hybridized carbons (Fsp3) is 0.364. The van der Waals surface area contributed by atoms with Gasteiger partial charge in [-0.25, -0.2) is 4.79 Å². The molecule has 0 aromatic heterocycles. The minimum atomic E-state index is -3.63. The molecule has 0 radical (unpaired) electrons. The lowest BCUT2D eigenvalue weighted by Crippen LogP contribution is -2.35. The van der Waals surface area contributed by atoms with Crippen LogP contribution in [-0.2, 0) is 10.2 Å². The Kier molecular flexibility index (Phi) is 4.69. The maximum Gasteiger partial charge on any atom is 0.335 e. The van der Waals surface area contributed by atoms with Crippen LogP contribution in [0.2, 0.25) is 0 Å². The summed E-state index contributed by atoms with van der Waals surface area (Å²) in [5, 5.41) is 8.82. The summed E-state index contributed by atoms with van der Waals surface area (Å²) in [6.45, 7) is 4.17. The summed E-state index contributed by atoms with van der Waals surface area (Å²) in [5.41, 5.74) is 0.275.